The second-order valence-corrected chi connectivity index (χ2v) is 22.9. The van der Waals surface area contributed by atoms with Gasteiger partial charge in [-0.15, -0.1) is 0 Å². The Bertz CT molecular complexity index is 1840. The zero-order chi connectivity index (χ0) is 50.9. The van der Waals surface area contributed by atoms with E-state index in [4.69, 9.17) is 28.4 Å². The minimum absolute atomic E-state index is 0.0477. The second kappa shape index (κ2) is 20.0. The molecule has 0 aromatic heterocycles. The lowest BCUT2D eigenvalue weighted by Crippen LogP contribution is -2.68. The van der Waals surface area contributed by atoms with E-state index < -0.39 is 150 Å². The van der Waals surface area contributed by atoms with Gasteiger partial charge in [0.1, 0.15) is 49.0 Å². The summed E-state index contributed by atoms with van der Waals surface area (Å²) in [6, 6.07) is 0. The summed E-state index contributed by atoms with van der Waals surface area (Å²) < 4.78 is 35.5. The average Bonchev–Trinajstić information content (AvgIpc) is 3.24. The number of carboxylic acids is 2. The highest BCUT2D eigenvalue weighted by Gasteiger charge is 2.71. The fraction of sp³-hybridized carbons (Fsp3) is 0.896. The van der Waals surface area contributed by atoms with Crippen LogP contribution in [0, 0.1) is 50.2 Å². The van der Waals surface area contributed by atoms with Crippen LogP contribution >= 0.6 is 0 Å². The lowest BCUT2D eigenvalue weighted by Gasteiger charge is -2.70. The molecule has 3 saturated carbocycles. The van der Waals surface area contributed by atoms with E-state index in [2.05, 4.69) is 47.6 Å². The van der Waals surface area contributed by atoms with Crippen LogP contribution in [-0.2, 0) is 42.8 Å². The highest BCUT2D eigenvalue weighted by molar-refractivity contribution is 5.77. The molecular weight excluding hydrogens is 897 g/mol. The molecule has 6 rings (SSSR count). The van der Waals surface area contributed by atoms with Gasteiger partial charge in [-0.25, -0.2) is 4.79 Å². The van der Waals surface area contributed by atoms with E-state index in [1.165, 1.54) is 6.92 Å². The largest absolute Gasteiger partial charge is 0.481 e. The number of aliphatic carboxylic acids is 2. The number of aldehydes is 1. The molecule has 11 N–H and O–H groups in total. The summed E-state index contributed by atoms with van der Waals surface area (Å²) in [4.78, 5) is 39.8. The smallest absolute Gasteiger partial charge is 0.335 e. The fourth-order valence-corrected chi connectivity index (χ4v) is 13.6. The monoisotopic (exact) mass is 975 g/mol. The first-order valence-corrected chi connectivity index (χ1v) is 24.1. The number of allylic oxidation sites excluding steroid dienone is 2. The predicted octanol–water partition coefficient (Wildman–Crippen LogP) is 0.819. The molecule has 68 heavy (non-hydrogen) atoms. The molecule has 390 valence electrons. The van der Waals surface area contributed by atoms with Gasteiger partial charge in [0.15, 0.2) is 18.7 Å². The molecule has 5 fully saturated rings. The van der Waals surface area contributed by atoms with Crippen LogP contribution in [0.4, 0.5) is 0 Å². The lowest BCUT2D eigenvalue weighted by molar-refractivity contribution is -0.389. The molecule has 22 atom stereocenters. The van der Waals surface area contributed by atoms with Gasteiger partial charge < -0.3 is 89.4 Å². The highest BCUT2D eigenvalue weighted by atomic mass is 16.8. The maximum Gasteiger partial charge on any atom is 0.335 e. The van der Waals surface area contributed by atoms with Crippen molar-refractivity contribution >= 4 is 18.2 Å². The Morgan fingerprint density at radius 3 is 2.13 bits per heavy atom. The van der Waals surface area contributed by atoms with Crippen LogP contribution < -0.4 is 0 Å². The molecule has 0 amide bonds. The van der Waals surface area contributed by atoms with E-state index in [-0.39, 0.29) is 30.1 Å². The average molecular weight is 975 g/mol. The number of fused-ring (bicyclic) bond motifs is 5. The van der Waals surface area contributed by atoms with Crippen LogP contribution in [0.1, 0.15) is 114 Å². The Labute approximate surface area is 397 Å². The molecule has 2 saturated heterocycles. The minimum Gasteiger partial charge on any atom is -0.481 e. The van der Waals surface area contributed by atoms with Crippen LogP contribution in [0.2, 0.25) is 0 Å². The number of carboxylic acid groups (broad SMARTS) is 2. The van der Waals surface area contributed by atoms with Gasteiger partial charge in [-0.05, 0) is 97.7 Å². The first-order valence-electron chi connectivity index (χ1n) is 24.1. The van der Waals surface area contributed by atoms with Gasteiger partial charge in [0, 0.05) is 0 Å². The van der Waals surface area contributed by atoms with Crippen molar-refractivity contribution < 1.29 is 99.0 Å². The number of hydrogen-bond donors (Lipinski definition) is 11. The Kier molecular flexibility index (Phi) is 16.2. The van der Waals surface area contributed by atoms with Crippen molar-refractivity contribution in [3.8, 4) is 0 Å². The van der Waals surface area contributed by atoms with Crippen LogP contribution in [0.3, 0.4) is 0 Å². The summed E-state index contributed by atoms with van der Waals surface area (Å²) in [7, 11) is 0. The lowest BCUT2D eigenvalue weighted by atomic mass is 9.34. The molecule has 0 aromatic rings. The summed E-state index contributed by atoms with van der Waals surface area (Å²) in [5.74, 6) is -3.57. The summed E-state index contributed by atoms with van der Waals surface area (Å²) in [5.41, 5.74) is -3.39. The Hall–Kier alpha value is -2.25. The Morgan fingerprint density at radius 2 is 1.57 bits per heavy atom. The topological polar surface area (TPSA) is 329 Å². The Balaban J connectivity index is 1.35. The van der Waals surface area contributed by atoms with Crippen LogP contribution in [-0.4, -0.2) is 180 Å². The van der Waals surface area contributed by atoms with Gasteiger partial charge in [0.25, 0.3) is 0 Å². The molecule has 0 aromatic carbocycles. The van der Waals surface area contributed by atoms with Crippen molar-refractivity contribution in [2.45, 2.75) is 206 Å². The van der Waals surface area contributed by atoms with Gasteiger partial charge >= 0.3 is 11.9 Å². The van der Waals surface area contributed by atoms with Gasteiger partial charge in [-0.3, -0.25) is 4.79 Å². The molecule has 4 aliphatic carbocycles. The maximum absolute atomic E-state index is 13.8. The molecule has 20 heteroatoms. The quantitative estimate of drug-likeness (QED) is 0.0441. The van der Waals surface area contributed by atoms with Crippen molar-refractivity contribution in [3.05, 3.63) is 11.6 Å². The molecule has 2 aliphatic heterocycles. The van der Waals surface area contributed by atoms with Crippen molar-refractivity contribution in [3.63, 3.8) is 0 Å². The number of carbonyl (C=O) groups excluding carboxylic acids is 1. The third kappa shape index (κ3) is 9.36. The van der Waals surface area contributed by atoms with Crippen molar-refractivity contribution in [1.82, 2.24) is 0 Å². The van der Waals surface area contributed by atoms with Crippen LogP contribution in [0.15, 0.2) is 11.6 Å². The predicted molar refractivity (Wildman–Crippen MR) is 236 cm³/mol. The van der Waals surface area contributed by atoms with Gasteiger partial charge in [-0.2, -0.15) is 0 Å². The summed E-state index contributed by atoms with van der Waals surface area (Å²) in [5, 5.41) is 117. The zero-order valence-corrected chi connectivity index (χ0v) is 40.7. The second-order valence-electron chi connectivity index (χ2n) is 22.9. The van der Waals surface area contributed by atoms with Crippen molar-refractivity contribution in [2.24, 2.45) is 50.2 Å². The number of aliphatic hydroxyl groups excluding tert-OH is 8. The third-order valence-corrected chi connectivity index (χ3v) is 17.9. The van der Waals surface area contributed by atoms with Crippen LogP contribution in [0.5, 0.6) is 0 Å². The number of ether oxygens (including phenoxy) is 6. The van der Waals surface area contributed by atoms with E-state index in [1.807, 2.05) is 6.92 Å². The molecule has 6 aliphatic rings. The van der Waals surface area contributed by atoms with Gasteiger partial charge in [0.05, 0.1) is 42.4 Å². The van der Waals surface area contributed by atoms with E-state index >= 15 is 0 Å². The van der Waals surface area contributed by atoms with Crippen molar-refractivity contribution in [1.29, 1.82) is 0 Å². The summed E-state index contributed by atoms with van der Waals surface area (Å²) in [6.45, 7) is 16.3. The third-order valence-electron chi connectivity index (χ3n) is 17.9. The fourth-order valence-electron chi connectivity index (χ4n) is 13.6. The van der Waals surface area contributed by atoms with Crippen LogP contribution in [0.25, 0.3) is 0 Å². The Morgan fingerprint density at radius 1 is 0.912 bits per heavy atom. The first kappa shape index (κ1) is 55.1. The SMILES string of the molecule is CC1C2=CCC3C4(C)CCC(OC5OC(C(=O)O)C(O)C(OC6OCC(O)C(O)C6O)C5OC(OC(CO)[C@@H](C)O)C(O)O)C(C)(C=O)[C@@H]4CC[C@@]3(C)[C@]2(C)C[C@@H](O)C1(CCC(C)(C)C)C(=O)O. The number of hydrogen-bond acceptors (Lipinski definition) is 18. The normalized spacial score (nSPS) is 46.6. The standard InChI is InChI=1S/C48H78O20/c1-22-24-10-11-28-44(6)14-13-30(45(7,21-50)27(44)12-15-46(28,8)47(24,9)18-29(53)48(22,42(61)62)17-16-43(3,4)5)65-40-36(68-41(38(59)60)64-26(19-49)23(2)51)34(33(56)35(67-40)37(57)58)66-39-32(55)31(54)25(52)20-63-39/h10,21-23,25-36,38-41,49,51-56,59-60H,11-20H2,1-9H3,(H,57,58)(H,61,62)/t22?,23-,25?,26?,27-,28?,29-,30?,31?,32?,33?,34?,35?,36?,39?,40?,41?,44?,45?,46-,47-,48?/m1/s1. The molecular formula is C48H78O20. The first-order chi connectivity index (χ1) is 31.5. The number of aliphatic hydroxyl groups is 9. The van der Waals surface area contributed by atoms with Gasteiger partial charge in [0.2, 0.25) is 12.6 Å². The van der Waals surface area contributed by atoms with E-state index in [0.29, 0.717) is 38.5 Å². The highest BCUT2D eigenvalue weighted by Crippen LogP contribution is 2.74. The molecule has 0 radical (unpaired) electrons. The van der Waals surface area contributed by atoms with E-state index in [0.717, 1.165) is 11.9 Å². The summed E-state index contributed by atoms with van der Waals surface area (Å²) >= 11 is 0. The molecule has 2 heterocycles. The van der Waals surface area contributed by atoms with Gasteiger partial charge in [-0.1, -0.05) is 67.0 Å². The molecule has 17 unspecified atom stereocenters. The number of carbonyl (C=O) groups is 3. The van der Waals surface area contributed by atoms with E-state index in [1.54, 1.807) is 6.92 Å². The van der Waals surface area contributed by atoms with E-state index in [9.17, 15) is 70.6 Å². The molecule has 20 nitrogen and oxygen atoms in total. The summed E-state index contributed by atoms with van der Waals surface area (Å²) in [6.07, 6.45) is -20.4. The molecule has 0 bridgehead atoms. The molecule has 0 spiro atoms. The minimum atomic E-state index is -2.51. The zero-order valence-electron chi connectivity index (χ0n) is 40.7. The number of rotatable bonds is 16. The van der Waals surface area contributed by atoms with Crippen molar-refractivity contribution in [2.75, 3.05) is 13.2 Å². The maximum atomic E-state index is 13.8.